The zero-order valence-electron chi connectivity index (χ0n) is 16.6. The Morgan fingerprint density at radius 3 is 1.96 bits per heavy atom. The number of carbonyl (C=O) groups excluding carboxylic acids is 1. The highest BCUT2D eigenvalue weighted by Crippen LogP contribution is 2.16. The average molecular weight is 354 g/mol. The fraction of sp³-hybridized carbons (Fsp3) is 0.810. The van der Waals surface area contributed by atoms with Gasteiger partial charge in [0.05, 0.1) is 5.92 Å². The molecular formula is C21H39NO3. The molecule has 0 bridgehead atoms. The van der Waals surface area contributed by atoms with E-state index >= 15 is 0 Å². The number of aliphatic carboxylic acids is 1. The van der Waals surface area contributed by atoms with Gasteiger partial charge >= 0.3 is 5.97 Å². The van der Waals surface area contributed by atoms with Crippen LogP contribution in [0.15, 0.2) is 12.2 Å². The van der Waals surface area contributed by atoms with Crippen LogP contribution in [0.5, 0.6) is 0 Å². The Labute approximate surface area is 154 Å². The van der Waals surface area contributed by atoms with Gasteiger partial charge in [0.1, 0.15) is 0 Å². The maximum atomic E-state index is 12.1. The summed E-state index contributed by atoms with van der Waals surface area (Å²) in [7, 11) is 0. The molecule has 25 heavy (non-hydrogen) atoms. The number of hydrogen-bond acceptors (Lipinski definition) is 2. The molecule has 146 valence electrons. The molecule has 0 aliphatic rings. The summed E-state index contributed by atoms with van der Waals surface area (Å²) in [6.07, 6.45) is 15.8. The van der Waals surface area contributed by atoms with E-state index in [0.717, 1.165) is 25.7 Å². The molecule has 1 atom stereocenters. The van der Waals surface area contributed by atoms with Crippen LogP contribution in [-0.2, 0) is 9.59 Å². The van der Waals surface area contributed by atoms with Crippen molar-refractivity contribution in [3.8, 4) is 0 Å². The number of rotatable bonds is 16. The van der Waals surface area contributed by atoms with Crippen LogP contribution in [0.4, 0.5) is 0 Å². The Kier molecular flexibility index (Phi) is 15.3. The third kappa shape index (κ3) is 12.7. The summed E-state index contributed by atoms with van der Waals surface area (Å²) in [5.41, 5.74) is 0. The fourth-order valence-electron chi connectivity index (χ4n) is 2.98. The predicted octanol–water partition coefficient (Wildman–Crippen LogP) is 5.42. The molecule has 1 unspecified atom stereocenters. The first kappa shape index (κ1) is 23.7. The smallest absolute Gasteiger partial charge is 0.307 e. The van der Waals surface area contributed by atoms with Crippen LogP contribution in [0.2, 0.25) is 0 Å². The maximum absolute atomic E-state index is 12.1. The molecule has 0 spiro atoms. The first-order valence-corrected chi connectivity index (χ1v) is 10.2. The zero-order chi connectivity index (χ0) is 18.9. The van der Waals surface area contributed by atoms with Gasteiger partial charge in [-0.2, -0.15) is 0 Å². The first-order valence-electron chi connectivity index (χ1n) is 10.2. The lowest BCUT2D eigenvalue weighted by molar-refractivity contribution is -0.146. The second kappa shape index (κ2) is 16.2. The van der Waals surface area contributed by atoms with E-state index in [4.69, 9.17) is 0 Å². The molecule has 0 aliphatic heterocycles. The van der Waals surface area contributed by atoms with Crippen molar-refractivity contribution in [3.05, 3.63) is 12.2 Å². The lowest BCUT2D eigenvalue weighted by Crippen LogP contribution is -2.33. The van der Waals surface area contributed by atoms with Crippen LogP contribution in [0, 0.1) is 5.92 Å². The van der Waals surface area contributed by atoms with Gasteiger partial charge in [0, 0.05) is 19.5 Å². The number of unbranched alkanes of at least 4 members (excludes halogenated alkanes) is 7. The predicted molar refractivity (Wildman–Crippen MR) is 105 cm³/mol. The quantitative estimate of drug-likeness (QED) is 0.297. The molecule has 1 N–H and O–H groups in total. The lowest BCUT2D eigenvalue weighted by atomic mass is 9.97. The van der Waals surface area contributed by atoms with E-state index in [1.54, 1.807) is 4.90 Å². The van der Waals surface area contributed by atoms with E-state index in [9.17, 15) is 14.7 Å². The van der Waals surface area contributed by atoms with E-state index in [1.807, 2.05) is 13.8 Å². The van der Waals surface area contributed by atoms with Crippen LogP contribution in [0.3, 0.4) is 0 Å². The SMILES string of the molecule is CCCCCCC/C=C/CCCCC(CC(=O)N(CC)CC)C(=O)O. The third-order valence-electron chi connectivity index (χ3n) is 4.70. The van der Waals surface area contributed by atoms with Gasteiger partial charge < -0.3 is 10.0 Å². The normalized spacial score (nSPS) is 12.4. The Balaban J connectivity index is 3.87. The summed E-state index contributed by atoms with van der Waals surface area (Å²) in [6, 6.07) is 0. The van der Waals surface area contributed by atoms with Crippen molar-refractivity contribution in [3.63, 3.8) is 0 Å². The van der Waals surface area contributed by atoms with E-state index in [0.29, 0.717) is 19.5 Å². The largest absolute Gasteiger partial charge is 0.481 e. The number of hydrogen-bond donors (Lipinski definition) is 1. The highest BCUT2D eigenvalue weighted by molar-refractivity contribution is 5.82. The molecule has 0 aromatic rings. The molecule has 4 nitrogen and oxygen atoms in total. The van der Waals surface area contributed by atoms with E-state index < -0.39 is 11.9 Å². The number of allylic oxidation sites excluding steroid dienone is 2. The van der Waals surface area contributed by atoms with Crippen molar-refractivity contribution >= 4 is 11.9 Å². The number of carboxylic acid groups (broad SMARTS) is 1. The lowest BCUT2D eigenvalue weighted by Gasteiger charge is -2.21. The molecule has 0 rings (SSSR count). The van der Waals surface area contributed by atoms with Crippen molar-refractivity contribution in [2.75, 3.05) is 13.1 Å². The topological polar surface area (TPSA) is 57.6 Å². The van der Waals surface area contributed by atoms with Crippen LogP contribution in [-0.4, -0.2) is 35.0 Å². The minimum atomic E-state index is -0.844. The van der Waals surface area contributed by atoms with E-state index in [2.05, 4.69) is 19.1 Å². The Bertz CT molecular complexity index is 375. The van der Waals surface area contributed by atoms with Gasteiger partial charge in [0.2, 0.25) is 5.91 Å². The monoisotopic (exact) mass is 353 g/mol. The standard InChI is InChI=1S/C21H39NO3/c1-4-7-8-9-10-11-12-13-14-15-16-17-19(21(24)25)18-20(23)22(5-2)6-3/h12-13,19H,4-11,14-18H2,1-3H3,(H,24,25)/b13-12+. The first-order chi connectivity index (χ1) is 12.1. The molecule has 0 aromatic heterocycles. The Hall–Kier alpha value is -1.32. The summed E-state index contributed by atoms with van der Waals surface area (Å²) in [4.78, 5) is 25.1. The fourth-order valence-corrected chi connectivity index (χ4v) is 2.98. The van der Waals surface area contributed by atoms with E-state index in [-0.39, 0.29) is 12.3 Å². The highest BCUT2D eigenvalue weighted by atomic mass is 16.4. The number of amides is 1. The number of carbonyl (C=O) groups is 2. The van der Waals surface area contributed by atoms with Gasteiger partial charge in [-0.1, -0.05) is 51.2 Å². The van der Waals surface area contributed by atoms with Crippen molar-refractivity contribution in [1.29, 1.82) is 0 Å². The Morgan fingerprint density at radius 1 is 0.880 bits per heavy atom. The minimum Gasteiger partial charge on any atom is -0.481 e. The molecule has 4 heteroatoms. The molecule has 0 aliphatic carbocycles. The Morgan fingerprint density at radius 2 is 1.44 bits per heavy atom. The molecule has 0 saturated carbocycles. The number of carboxylic acids is 1. The molecule has 0 heterocycles. The zero-order valence-corrected chi connectivity index (χ0v) is 16.6. The van der Waals surface area contributed by atoms with Crippen LogP contribution < -0.4 is 0 Å². The van der Waals surface area contributed by atoms with Crippen molar-refractivity contribution in [2.45, 2.75) is 91.4 Å². The summed E-state index contributed by atoms with van der Waals surface area (Å²) < 4.78 is 0. The second-order valence-electron chi connectivity index (χ2n) is 6.76. The second-order valence-corrected chi connectivity index (χ2v) is 6.76. The van der Waals surface area contributed by atoms with Crippen molar-refractivity contribution in [1.82, 2.24) is 4.90 Å². The van der Waals surface area contributed by atoms with Gasteiger partial charge in [-0.3, -0.25) is 9.59 Å². The van der Waals surface area contributed by atoms with Gasteiger partial charge in [-0.05, 0) is 46.0 Å². The molecule has 0 radical (unpaired) electrons. The van der Waals surface area contributed by atoms with Gasteiger partial charge in [-0.25, -0.2) is 0 Å². The van der Waals surface area contributed by atoms with Crippen molar-refractivity contribution < 1.29 is 14.7 Å². The van der Waals surface area contributed by atoms with E-state index in [1.165, 1.54) is 32.1 Å². The van der Waals surface area contributed by atoms with Crippen LogP contribution >= 0.6 is 0 Å². The van der Waals surface area contributed by atoms with Crippen LogP contribution in [0.25, 0.3) is 0 Å². The third-order valence-corrected chi connectivity index (χ3v) is 4.70. The summed E-state index contributed by atoms with van der Waals surface area (Å²) in [5, 5.41) is 9.33. The molecule has 0 fully saturated rings. The highest BCUT2D eigenvalue weighted by Gasteiger charge is 2.22. The molecule has 0 saturated heterocycles. The summed E-state index contributed by atoms with van der Waals surface area (Å²) >= 11 is 0. The summed E-state index contributed by atoms with van der Waals surface area (Å²) in [5.74, 6) is -1.43. The summed E-state index contributed by atoms with van der Waals surface area (Å²) in [6.45, 7) is 7.37. The molecular weight excluding hydrogens is 314 g/mol. The van der Waals surface area contributed by atoms with Gasteiger partial charge in [0.15, 0.2) is 0 Å². The minimum absolute atomic E-state index is 0.0413. The molecule has 0 aromatic carbocycles. The van der Waals surface area contributed by atoms with Gasteiger partial charge in [0.25, 0.3) is 0 Å². The van der Waals surface area contributed by atoms with Crippen LogP contribution in [0.1, 0.15) is 91.4 Å². The van der Waals surface area contributed by atoms with Crippen molar-refractivity contribution in [2.24, 2.45) is 5.92 Å². The number of nitrogens with zero attached hydrogens (tertiary/aromatic N) is 1. The maximum Gasteiger partial charge on any atom is 0.307 e. The van der Waals surface area contributed by atoms with Gasteiger partial charge in [-0.15, -0.1) is 0 Å². The average Bonchev–Trinajstić information content (AvgIpc) is 2.59. The molecule has 1 amide bonds.